The van der Waals surface area contributed by atoms with E-state index in [4.69, 9.17) is 4.74 Å². The van der Waals surface area contributed by atoms with Gasteiger partial charge in [-0.3, -0.25) is 4.79 Å². The number of hydrogen-bond donors (Lipinski definition) is 1. The molecule has 0 spiro atoms. The topological polar surface area (TPSA) is 73.2 Å². The van der Waals surface area contributed by atoms with Crippen LogP contribution in [0.4, 0.5) is 4.39 Å². The maximum atomic E-state index is 13.6. The number of thioether (sulfide) groups is 1. The fraction of sp³-hybridized carbons (Fsp3) is 0.321. The van der Waals surface area contributed by atoms with E-state index in [0.29, 0.717) is 42.0 Å². The Bertz CT molecular complexity index is 1150. The van der Waals surface area contributed by atoms with Crippen molar-refractivity contribution < 1.29 is 18.7 Å². The van der Waals surface area contributed by atoms with Gasteiger partial charge in [-0.15, -0.1) is 0 Å². The average molecular weight is 510 g/mol. The molecule has 0 fully saturated rings. The molecule has 190 valence electrons. The van der Waals surface area contributed by atoms with Crippen molar-refractivity contribution >= 4 is 29.7 Å². The van der Waals surface area contributed by atoms with Crippen molar-refractivity contribution in [2.75, 3.05) is 18.6 Å². The van der Waals surface area contributed by atoms with E-state index in [-0.39, 0.29) is 11.7 Å². The average Bonchev–Trinajstić information content (AvgIpc) is 3.40. The lowest BCUT2D eigenvalue weighted by atomic mass is 9.96. The third-order valence-electron chi connectivity index (χ3n) is 5.57. The Hall–Kier alpha value is -3.39. The zero-order valence-electron chi connectivity index (χ0n) is 20.7. The Morgan fingerprint density at radius 3 is 2.72 bits per heavy atom. The summed E-state index contributed by atoms with van der Waals surface area (Å²) in [5.41, 5.74) is 2.66. The summed E-state index contributed by atoms with van der Waals surface area (Å²) in [6.07, 6.45) is 13.4. The van der Waals surface area contributed by atoms with Crippen molar-refractivity contribution in [3.05, 3.63) is 84.2 Å². The van der Waals surface area contributed by atoms with Gasteiger partial charge in [0.05, 0.1) is 12.9 Å². The minimum Gasteiger partial charge on any atom is -0.464 e. The molecular formula is C28H32FN3O3S. The highest BCUT2D eigenvalue weighted by Gasteiger charge is 2.24. The normalized spacial score (nSPS) is 12.0. The van der Waals surface area contributed by atoms with Gasteiger partial charge < -0.3 is 14.6 Å². The van der Waals surface area contributed by atoms with E-state index in [1.165, 1.54) is 12.1 Å². The third-order valence-corrected chi connectivity index (χ3v) is 6.22. The van der Waals surface area contributed by atoms with Gasteiger partial charge in [0.2, 0.25) is 0 Å². The van der Waals surface area contributed by atoms with Gasteiger partial charge >= 0.3 is 5.97 Å². The lowest BCUT2D eigenvalue weighted by Crippen LogP contribution is -2.42. The number of halogens is 1. The number of amides is 1. The zero-order chi connectivity index (χ0) is 25.8. The summed E-state index contributed by atoms with van der Waals surface area (Å²) in [4.78, 5) is 30.1. The van der Waals surface area contributed by atoms with E-state index in [2.05, 4.69) is 10.3 Å². The van der Waals surface area contributed by atoms with Gasteiger partial charge in [-0.2, -0.15) is 11.8 Å². The third kappa shape index (κ3) is 8.09. The summed E-state index contributed by atoms with van der Waals surface area (Å²) in [5.74, 6) is -0.442. The van der Waals surface area contributed by atoms with Crippen molar-refractivity contribution in [3.63, 3.8) is 0 Å². The molecule has 0 aliphatic heterocycles. The van der Waals surface area contributed by atoms with E-state index in [1.54, 1.807) is 42.5 Å². The molecule has 36 heavy (non-hydrogen) atoms. The van der Waals surface area contributed by atoms with E-state index < -0.39 is 12.0 Å². The van der Waals surface area contributed by atoms with Crippen LogP contribution in [0.3, 0.4) is 0 Å². The maximum Gasteiger partial charge on any atom is 0.328 e. The molecule has 1 heterocycles. The van der Waals surface area contributed by atoms with Crippen molar-refractivity contribution in [1.29, 1.82) is 0 Å². The van der Waals surface area contributed by atoms with Crippen molar-refractivity contribution in [2.45, 2.75) is 38.8 Å². The fourth-order valence-electron chi connectivity index (χ4n) is 3.58. The number of nitrogens with zero attached hydrogens (tertiary/aromatic N) is 2. The molecule has 0 aliphatic carbocycles. The van der Waals surface area contributed by atoms with Crippen LogP contribution in [0.5, 0.6) is 0 Å². The minimum atomic E-state index is -0.738. The Morgan fingerprint density at radius 1 is 1.22 bits per heavy atom. The highest BCUT2D eigenvalue weighted by Crippen LogP contribution is 2.26. The Labute approximate surface area is 216 Å². The number of allylic oxidation sites excluding steroid dienone is 1. The molecular weight excluding hydrogens is 477 g/mol. The highest BCUT2D eigenvalue weighted by molar-refractivity contribution is 7.98. The SMILES string of the molecule is CCCCOC(=O)[C@H](CCSC)NC(=O)c1ccc(/C=C/Cn2ccnc2)cc1-c1ccc(F)cc1. The van der Waals surface area contributed by atoms with Gasteiger partial charge in [-0.1, -0.05) is 43.7 Å². The summed E-state index contributed by atoms with van der Waals surface area (Å²) >= 11 is 1.60. The first-order valence-corrected chi connectivity index (χ1v) is 13.4. The largest absolute Gasteiger partial charge is 0.464 e. The van der Waals surface area contributed by atoms with Crippen molar-refractivity contribution in [3.8, 4) is 11.1 Å². The summed E-state index contributed by atoms with van der Waals surface area (Å²) in [5, 5.41) is 2.87. The number of carbonyl (C=O) groups is 2. The quantitative estimate of drug-likeness (QED) is 0.240. The van der Waals surface area contributed by atoms with Crippen molar-refractivity contribution in [2.24, 2.45) is 0 Å². The number of carbonyl (C=O) groups excluding carboxylic acids is 2. The molecule has 0 aliphatic rings. The van der Waals surface area contributed by atoms with Crippen molar-refractivity contribution in [1.82, 2.24) is 14.9 Å². The highest BCUT2D eigenvalue weighted by atomic mass is 32.2. The van der Waals surface area contributed by atoms with Gasteiger partial charge in [0, 0.05) is 24.5 Å². The van der Waals surface area contributed by atoms with E-state index in [9.17, 15) is 14.0 Å². The lowest BCUT2D eigenvalue weighted by Gasteiger charge is -2.19. The molecule has 1 aromatic heterocycles. The molecule has 2 aromatic carbocycles. The fourth-order valence-corrected chi connectivity index (χ4v) is 4.05. The van der Waals surface area contributed by atoms with Crippen LogP contribution >= 0.6 is 11.8 Å². The van der Waals surface area contributed by atoms with Crippen LogP contribution in [0.15, 0.2) is 67.3 Å². The number of unbranched alkanes of at least 4 members (excludes halogenated alkanes) is 1. The summed E-state index contributed by atoms with van der Waals surface area (Å²) in [7, 11) is 0. The van der Waals surface area contributed by atoms with E-state index >= 15 is 0 Å². The number of hydrogen-bond acceptors (Lipinski definition) is 5. The van der Waals surface area contributed by atoms with Gasteiger partial charge in [-0.25, -0.2) is 14.2 Å². The number of imidazole rings is 1. The monoisotopic (exact) mass is 509 g/mol. The smallest absolute Gasteiger partial charge is 0.328 e. The number of aromatic nitrogens is 2. The Morgan fingerprint density at radius 2 is 2.03 bits per heavy atom. The molecule has 0 saturated heterocycles. The van der Waals surface area contributed by atoms with Crippen LogP contribution < -0.4 is 5.32 Å². The first-order chi connectivity index (χ1) is 17.5. The van der Waals surface area contributed by atoms with E-state index in [1.807, 2.05) is 48.2 Å². The first-order valence-electron chi connectivity index (χ1n) is 12.0. The predicted molar refractivity (Wildman–Crippen MR) is 143 cm³/mol. The van der Waals surface area contributed by atoms with Crippen LogP contribution in [0.1, 0.15) is 42.1 Å². The predicted octanol–water partition coefficient (Wildman–Crippen LogP) is 5.60. The first kappa shape index (κ1) is 27.2. The summed E-state index contributed by atoms with van der Waals surface area (Å²) in [6.45, 7) is 3.02. The Kier molecular flexibility index (Phi) is 10.8. The second kappa shape index (κ2) is 14.2. The lowest BCUT2D eigenvalue weighted by molar-refractivity contribution is -0.146. The number of ether oxygens (including phenoxy) is 1. The van der Waals surface area contributed by atoms with Crippen LogP contribution in [0.2, 0.25) is 0 Å². The molecule has 3 rings (SSSR count). The summed E-state index contributed by atoms with van der Waals surface area (Å²) < 4.78 is 20.9. The molecule has 1 N–H and O–H groups in total. The number of benzene rings is 2. The van der Waals surface area contributed by atoms with Crippen LogP contribution in [0.25, 0.3) is 17.2 Å². The molecule has 0 radical (unpaired) electrons. The molecule has 0 saturated carbocycles. The van der Waals surface area contributed by atoms with Crippen LogP contribution in [-0.4, -0.2) is 46.1 Å². The standard InChI is InChI=1S/C28H32FN3O3S/c1-3-4-17-35-28(34)26(13-18-36-2)31-27(33)24-12-7-21(6-5-15-32-16-14-30-20-32)19-25(24)22-8-10-23(29)11-9-22/h5-12,14,16,19-20,26H,3-4,13,15,17-18H2,1-2H3,(H,31,33)/b6-5+/t26-/m0/s1. The van der Waals surface area contributed by atoms with Gasteiger partial charge in [0.15, 0.2) is 0 Å². The van der Waals surface area contributed by atoms with Gasteiger partial charge in [0.25, 0.3) is 5.91 Å². The molecule has 1 amide bonds. The maximum absolute atomic E-state index is 13.6. The second-order valence-corrected chi connectivity index (χ2v) is 9.29. The molecule has 3 aromatic rings. The second-order valence-electron chi connectivity index (χ2n) is 8.30. The molecule has 0 bridgehead atoms. The zero-order valence-corrected chi connectivity index (χ0v) is 21.5. The van der Waals surface area contributed by atoms with Gasteiger partial charge in [-0.05, 0) is 65.8 Å². The van der Waals surface area contributed by atoms with Crippen LogP contribution in [-0.2, 0) is 16.1 Å². The number of esters is 1. The Balaban J connectivity index is 1.85. The molecule has 6 nitrogen and oxygen atoms in total. The molecule has 8 heteroatoms. The molecule has 0 unspecified atom stereocenters. The molecule has 1 atom stereocenters. The van der Waals surface area contributed by atoms with Gasteiger partial charge in [0.1, 0.15) is 11.9 Å². The number of rotatable bonds is 13. The number of nitrogens with one attached hydrogen (secondary N) is 1. The minimum absolute atomic E-state index is 0.335. The van der Waals surface area contributed by atoms with Crippen LogP contribution in [0, 0.1) is 5.82 Å². The summed E-state index contributed by atoms with van der Waals surface area (Å²) in [6, 6.07) is 10.8. The van der Waals surface area contributed by atoms with E-state index in [0.717, 1.165) is 18.4 Å².